The molecule has 440 valence electrons. The number of carbonyl (C=O) groups excluding carboxylic acids is 1. The third kappa shape index (κ3) is 32.2. The number of ether oxygens (including phenoxy) is 4. The molecule has 0 spiro atoms. The molecule has 12 atom stereocenters. The predicted molar refractivity (Wildman–Crippen MR) is 296 cm³/mol. The minimum absolute atomic E-state index is 0.200. The van der Waals surface area contributed by atoms with E-state index in [0.717, 1.165) is 51.4 Å². The van der Waals surface area contributed by atoms with Gasteiger partial charge in [-0.1, -0.05) is 264 Å². The van der Waals surface area contributed by atoms with Gasteiger partial charge in [-0.15, -0.1) is 0 Å². The lowest BCUT2D eigenvalue weighted by Gasteiger charge is -2.46. The molecule has 1 amide bonds. The van der Waals surface area contributed by atoms with E-state index in [1.54, 1.807) is 0 Å². The monoisotopic (exact) mass is 1060 g/mol. The summed E-state index contributed by atoms with van der Waals surface area (Å²) in [6.45, 7) is 2.89. The van der Waals surface area contributed by atoms with Crippen LogP contribution in [0, 0.1) is 0 Å². The zero-order valence-corrected chi connectivity index (χ0v) is 47.4. The van der Waals surface area contributed by atoms with E-state index in [0.29, 0.717) is 12.8 Å². The van der Waals surface area contributed by atoms with Gasteiger partial charge in [0.05, 0.1) is 32.0 Å². The van der Waals surface area contributed by atoms with Crippen LogP contribution in [0.2, 0.25) is 0 Å². The van der Waals surface area contributed by atoms with Gasteiger partial charge in [-0.3, -0.25) is 4.79 Å². The van der Waals surface area contributed by atoms with Crippen LogP contribution in [0.25, 0.3) is 0 Å². The Bertz CT molecular complexity index is 1250. The number of aliphatic hydroxyl groups excluding tert-OH is 8. The Morgan fingerprint density at radius 3 is 1.15 bits per heavy atom. The Morgan fingerprint density at radius 1 is 0.432 bits per heavy atom. The summed E-state index contributed by atoms with van der Waals surface area (Å²) in [6.07, 6.45) is 35.6. The van der Waals surface area contributed by atoms with Crippen LogP contribution >= 0.6 is 0 Å². The average Bonchev–Trinajstić information content (AvgIpc) is 3.40. The van der Waals surface area contributed by atoms with Crippen LogP contribution in [0.3, 0.4) is 0 Å². The number of nitrogens with one attached hydrogen (secondary N) is 1. The summed E-state index contributed by atoms with van der Waals surface area (Å²) in [6, 6.07) is -0.822. The fourth-order valence-corrected chi connectivity index (χ4v) is 10.8. The van der Waals surface area contributed by atoms with Crippen molar-refractivity contribution in [3.63, 3.8) is 0 Å². The van der Waals surface area contributed by atoms with Gasteiger partial charge in [0.25, 0.3) is 0 Å². The largest absolute Gasteiger partial charge is 0.394 e. The molecule has 0 aromatic heterocycles. The summed E-state index contributed by atoms with van der Waals surface area (Å²) in [5.41, 5.74) is 0. The highest BCUT2D eigenvalue weighted by Gasteiger charge is 2.51. The third-order valence-electron chi connectivity index (χ3n) is 15.8. The van der Waals surface area contributed by atoms with Crippen LogP contribution in [0.4, 0.5) is 0 Å². The molecule has 2 saturated heterocycles. The zero-order valence-electron chi connectivity index (χ0n) is 47.4. The van der Waals surface area contributed by atoms with Crippen molar-refractivity contribution >= 4 is 5.91 Å². The Labute approximate surface area is 451 Å². The summed E-state index contributed by atoms with van der Waals surface area (Å²) in [5.74, 6) is -0.200. The van der Waals surface area contributed by atoms with Gasteiger partial charge < -0.3 is 65.1 Å². The molecule has 14 nitrogen and oxygen atoms in total. The minimum Gasteiger partial charge on any atom is -0.394 e. The van der Waals surface area contributed by atoms with Crippen molar-refractivity contribution in [2.75, 3.05) is 19.8 Å². The summed E-state index contributed by atoms with van der Waals surface area (Å²) in [7, 11) is 0. The SMILES string of the molecule is CCCCCCCCCCCCCCCCCCCCCCCCCCCCCCC(=O)NC(COC1OC(CO)C(OC2OC(CO)C(O)C(O)C2O)C(O)C1O)C(O)CCCCCCCCCCCCCC. The van der Waals surface area contributed by atoms with Crippen molar-refractivity contribution in [1.29, 1.82) is 0 Å². The number of amides is 1. The van der Waals surface area contributed by atoms with Crippen molar-refractivity contribution in [2.45, 2.75) is 357 Å². The fourth-order valence-electron chi connectivity index (χ4n) is 10.8. The fraction of sp³-hybridized carbons (Fsp3) is 0.983. The van der Waals surface area contributed by atoms with Gasteiger partial charge >= 0.3 is 0 Å². The molecule has 0 aliphatic carbocycles. The van der Waals surface area contributed by atoms with E-state index in [1.807, 2.05) is 0 Å². The van der Waals surface area contributed by atoms with Gasteiger partial charge in [-0.2, -0.15) is 0 Å². The molecular formula is C60H117NO13. The lowest BCUT2D eigenvalue weighted by atomic mass is 9.97. The van der Waals surface area contributed by atoms with Crippen LogP contribution in [-0.4, -0.2) is 140 Å². The van der Waals surface area contributed by atoms with Gasteiger partial charge in [0, 0.05) is 6.42 Å². The molecule has 2 rings (SSSR count). The molecule has 0 radical (unpaired) electrons. The number of hydrogen-bond donors (Lipinski definition) is 9. The van der Waals surface area contributed by atoms with Gasteiger partial charge in [0.15, 0.2) is 12.6 Å². The Kier molecular flexibility index (Phi) is 43.8. The standard InChI is InChI=1S/C60H117NO13/c1-3-5-7-9-11-13-15-17-18-19-20-21-22-23-24-25-26-27-28-29-30-31-32-34-36-38-40-42-44-52(65)61-48(49(64)43-41-39-37-35-33-16-14-12-10-8-6-4-2)47-71-59-57(70)55(68)58(51(46-63)73-59)74-60-56(69)54(67)53(66)50(45-62)72-60/h48-51,53-60,62-64,66-70H,3-47H2,1-2H3,(H,61,65). The molecule has 0 bridgehead atoms. The smallest absolute Gasteiger partial charge is 0.220 e. The van der Waals surface area contributed by atoms with Gasteiger partial charge in [-0.05, 0) is 12.8 Å². The normalized spacial score (nSPS) is 25.1. The van der Waals surface area contributed by atoms with E-state index in [-0.39, 0.29) is 12.5 Å². The summed E-state index contributed by atoms with van der Waals surface area (Å²) in [4.78, 5) is 13.3. The highest BCUT2D eigenvalue weighted by molar-refractivity contribution is 5.76. The predicted octanol–water partition coefficient (Wildman–Crippen LogP) is 10.9. The molecule has 0 aromatic rings. The first kappa shape index (κ1) is 69.1. The van der Waals surface area contributed by atoms with Gasteiger partial charge in [0.2, 0.25) is 5.91 Å². The second kappa shape index (κ2) is 46.9. The maximum atomic E-state index is 13.3. The average molecular weight is 1060 g/mol. The van der Waals surface area contributed by atoms with Crippen molar-refractivity contribution in [3.05, 3.63) is 0 Å². The number of rotatable bonds is 51. The topological polar surface area (TPSA) is 228 Å². The number of hydrogen-bond acceptors (Lipinski definition) is 13. The Morgan fingerprint density at radius 2 is 0.770 bits per heavy atom. The second-order valence-corrected chi connectivity index (χ2v) is 22.6. The molecule has 2 aliphatic rings. The van der Waals surface area contributed by atoms with Crippen LogP contribution in [0.1, 0.15) is 284 Å². The molecule has 2 fully saturated rings. The summed E-state index contributed by atoms with van der Waals surface area (Å²) < 4.78 is 22.8. The van der Waals surface area contributed by atoms with E-state index < -0.39 is 86.8 Å². The second-order valence-electron chi connectivity index (χ2n) is 22.6. The first-order chi connectivity index (χ1) is 36.1. The van der Waals surface area contributed by atoms with E-state index in [4.69, 9.17) is 18.9 Å². The number of aliphatic hydroxyl groups is 8. The molecule has 74 heavy (non-hydrogen) atoms. The Hall–Kier alpha value is -1.01. The van der Waals surface area contributed by atoms with Crippen molar-refractivity contribution < 1.29 is 64.6 Å². The third-order valence-corrected chi connectivity index (χ3v) is 15.8. The van der Waals surface area contributed by atoms with Gasteiger partial charge in [0.1, 0.15) is 48.8 Å². The maximum Gasteiger partial charge on any atom is 0.220 e. The van der Waals surface area contributed by atoms with Crippen LogP contribution in [0.15, 0.2) is 0 Å². The van der Waals surface area contributed by atoms with Crippen molar-refractivity contribution in [2.24, 2.45) is 0 Å². The first-order valence-corrected chi connectivity index (χ1v) is 31.3. The quantitative estimate of drug-likeness (QED) is 0.0259. The summed E-state index contributed by atoms with van der Waals surface area (Å²) in [5, 5.41) is 87.2. The molecule has 9 N–H and O–H groups in total. The number of unbranched alkanes of at least 4 members (excludes halogenated alkanes) is 38. The molecular weight excluding hydrogens is 943 g/mol. The van der Waals surface area contributed by atoms with E-state index in [1.165, 1.54) is 205 Å². The van der Waals surface area contributed by atoms with Crippen molar-refractivity contribution in [3.8, 4) is 0 Å². The first-order valence-electron chi connectivity index (χ1n) is 31.3. The zero-order chi connectivity index (χ0) is 53.9. The highest BCUT2D eigenvalue weighted by atomic mass is 16.7. The van der Waals surface area contributed by atoms with E-state index in [2.05, 4.69) is 19.2 Å². The molecule has 0 saturated carbocycles. The molecule has 14 heteroatoms. The van der Waals surface area contributed by atoms with E-state index in [9.17, 15) is 45.6 Å². The maximum absolute atomic E-state index is 13.3. The molecule has 2 aliphatic heterocycles. The van der Waals surface area contributed by atoms with Crippen molar-refractivity contribution in [1.82, 2.24) is 5.32 Å². The molecule has 12 unspecified atom stereocenters. The molecule has 2 heterocycles. The lowest BCUT2D eigenvalue weighted by molar-refractivity contribution is -0.359. The van der Waals surface area contributed by atoms with Crippen LogP contribution < -0.4 is 5.32 Å². The summed E-state index contributed by atoms with van der Waals surface area (Å²) >= 11 is 0. The van der Waals surface area contributed by atoms with Gasteiger partial charge in [-0.25, -0.2) is 0 Å². The van der Waals surface area contributed by atoms with Crippen LogP contribution in [0.5, 0.6) is 0 Å². The Balaban J connectivity index is 1.65. The minimum atomic E-state index is -1.78. The van der Waals surface area contributed by atoms with E-state index >= 15 is 0 Å². The van der Waals surface area contributed by atoms with Crippen LogP contribution in [-0.2, 0) is 23.7 Å². The molecule has 0 aromatic carbocycles. The highest BCUT2D eigenvalue weighted by Crippen LogP contribution is 2.30. The number of carbonyl (C=O) groups is 1. The lowest BCUT2D eigenvalue weighted by Crippen LogP contribution is -2.65.